The molecule has 0 aliphatic carbocycles. The number of aliphatic hydroxyl groups is 1. The van der Waals surface area contributed by atoms with E-state index in [2.05, 4.69) is 15.9 Å². The summed E-state index contributed by atoms with van der Waals surface area (Å²) >= 11 is 9.75. The Bertz CT molecular complexity index is 582. The van der Waals surface area contributed by atoms with E-state index in [-0.39, 0.29) is 17.5 Å². The number of benzene rings is 2. The maximum atomic E-state index is 9.31. The van der Waals surface area contributed by atoms with Crippen molar-refractivity contribution in [2.24, 2.45) is 0 Å². The minimum absolute atomic E-state index is 0.104. The first kappa shape index (κ1) is 20.4. The maximum absolute atomic E-state index is 9.31. The summed E-state index contributed by atoms with van der Waals surface area (Å²) in [6.45, 7) is 1.53. The predicted molar refractivity (Wildman–Crippen MR) is 105 cm³/mol. The molecule has 1 unspecified atom stereocenters. The molecule has 0 radical (unpaired) electrons. The molecule has 0 aromatic heterocycles. The van der Waals surface area contributed by atoms with Gasteiger partial charge in [0.15, 0.2) is 0 Å². The van der Waals surface area contributed by atoms with Gasteiger partial charge in [-0.2, -0.15) is 0 Å². The second-order valence-electron chi connectivity index (χ2n) is 5.80. The number of rotatable bonds is 11. The summed E-state index contributed by atoms with van der Waals surface area (Å²) in [5.74, 6) is 0. The fourth-order valence-electron chi connectivity index (χ4n) is 2.41. The molecular weight excluding hydrogens is 404 g/mol. The molecule has 2 aromatic rings. The van der Waals surface area contributed by atoms with Gasteiger partial charge in [0.1, 0.15) is 0 Å². The Balaban J connectivity index is 1.83. The van der Waals surface area contributed by atoms with Crippen LogP contribution in [-0.2, 0) is 22.7 Å². The standard InChI is InChI=1S/C20H24BrClO3/c21-20(18(22)13-23)19(25-15-17-9-5-2-6-10-17)11-12-24-14-16-7-3-1-4-8-16/h1-10,18-20,23H,11-15H2/t18-,19?,20+/m1/s1. The molecule has 25 heavy (non-hydrogen) atoms. The van der Waals surface area contributed by atoms with Crippen LogP contribution in [0.3, 0.4) is 0 Å². The van der Waals surface area contributed by atoms with Crippen LogP contribution >= 0.6 is 27.5 Å². The zero-order valence-corrected chi connectivity index (χ0v) is 16.4. The number of alkyl halides is 2. The molecule has 3 atom stereocenters. The Labute approximate surface area is 163 Å². The van der Waals surface area contributed by atoms with Crippen LogP contribution in [0.15, 0.2) is 60.7 Å². The van der Waals surface area contributed by atoms with Gasteiger partial charge < -0.3 is 14.6 Å². The van der Waals surface area contributed by atoms with Gasteiger partial charge in [0.2, 0.25) is 0 Å². The summed E-state index contributed by atoms with van der Waals surface area (Å²) in [7, 11) is 0. The predicted octanol–water partition coefficient (Wildman–Crippen LogP) is 4.54. The summed E-state index contributed by atoms with van der Waals surface area (Å²) in [5.41, 5.74) is 2.25. The first-order valence-electron chi connectivity index (χ1n) is 8.37. The lowest BCUT2D eigenvalue weighted by atomic mass is 10.1. The highest BCUT2D eigenvalue weighted by Crippen LogP contribution is 2.22. The zero-order valence-electron chi connectivity index (χ0n) is 14.1. The van der Waals surface area contributed by atoms with Crippen LogP contribution in [0.2, 0.25) is 0 Å². The van der Waals surface area contributed by atoms with E-state index in [1.54, 1.807) is 0 Å². The summed E-state index contributed by atoms with van der Waals surface area (Å²) in [4.78, 5) is -0.150. The van der Waals surface area contributed by atoms with Crippen LogP contribution in [0.1, 0.15) is 17.5 Å². The highest BCUT2D eigenvalue weighted by molar-refractivity contribution is 9.09. The van der Waals surface area contributed by atoms with Crippen molar-refractivity contribution in [3.05, 3.63) is 71.8 Å². The van der Waals surface area contributed by atoms with Gasteiger partial charge in [-0.1, -0.05) is 76.6 Å². The Morgan fingerprint density at radius 2 is 1.48 bits per heavy atom. The third-order valence-corrected chi connectivity index (χ3v) is 5.78. The fraction of sp³-hybridized carbons (Fsp3) is 0.400. The van der Waals surface area contributed by atoms with Crippen molar-refractivity contribution in [3.63, 3.8) is 0 Å². The van der Waals surface area contributed by atoms with Gasteiger partial charge in [-0.25, -0.2) is 0 Å². The lowest BCUT2D eigenvalue weighted by molar-refractivity contribution is 0.00655. The van der Waals surface area contributed by atoms with Crippen molar-refractivity contribution in [2.75, 3.05) is 13.2 Å². The quantitative estimate of drug-likeness (QED) is 0.422. The molecule has 3 nitrogen and oxygen atoms in total. The van der Waals surface area contributed by atoms with E-state index in [1.807, 2.05) is 60.7 Å². The van der Waals surface area contributed by atoms with Crippen LogP contribution < -0.4 is 0 Å². The highest BCUT2D eigenvalue weighted by Gasteiger charge is 2.26. The number of halogens is 2. The van der Waals surface area contributed by atoms with Gasteiger partial charge in [0.05, 0.1) is 36.1 Å². The van der Waals surface area contributed by atoms with E-state index in [0.29, 0.717) is 26.2 Å². The molecule has 0 fully saturated rings. The normalized spacial score (nSPS) is 14.8. The molecule has 0 aliphatic heterocycles. The number of ether oxygens (including phenoxy) is 2. The van der Waals surface area contributed by atoms with Crippen molar-refractivity contribution >= 4 is 27.5 Å². The number of aliphatic hydroxyl groups excluding tert-OH is 1. The molecule has 1 N–H and O–H groups in total. The Kier molecular flexibility index (Phi) is 9.51. The topological polar surface area (TPSA) is 38.7 Å². The van der Waals surface area contributed by atoms with Gasteiger partial charge in [0, 0.05) is 6.61 Å². The summed E-state index contributed by atoms with van der Waals surface area (Å²) in [6, 6.07) is 20.1. The van der Waals surface area contributed by atoms with E-state index in [1.165, 1.54) is 0 Å². The van der Waals surface area contributed by atoms with Crippen LogP contribution in [0.25, 0.3) is 0 Å². The van der Waals surface area contributed by atoms with Crippen molar-refractivity contribution in [1.82, 2.24) is 0 Å². The minimum Gasteiger partial charge on any atom is -0.395 e. The molecule has 0 amide bonds. The van der Waals surface area contributed by atoms with Crippen molar-refractivity contribution < 1.29 is 14.6 Å². The minimum atomic E-state index is -0.408. The van der Waals surface area contributed by atoms with Crippen LogP contribution in [0, 0.1) is 0 Å². The maximum Gasteiger partial charge on any atom is 0.0741 e. The summed E-state index contributed by atoms with van der Waals surface area (Å²) in [6.07, 6.45) is 0.546. The zero-order chi connectivity index (χ0) is 17.9. The smallest absolute Gasteiger partial charge is 0.0741 e. The summed E-state index contributed by atoms with van der Waals surface area (Å²) < 4.78 is 11.8. The van der Waals surface area contributed by atoms with Gasteiger partial charge in [-0.15, -0.1) is 11.6 Å². The molecule has 0 aliphatic rings. The van der Waals surface area contributed by atoms with E-state index in [9.17, 15) is 5.11 Å². The Morgan fingerprint density at radius 3 is 2.04 bits per heavy atom. The first-order chi connectivity index (χ1) is 12.2. The molecule has 2 aromatic carbocycles. The monoisotopic (exact) mass is 426 g/mol. The largest absolute Gasteiger partial charge is 0.395 e. The van der Waals surface area contributed by atoms with E-state index < -0.39 is 5.38 Å². The summed E-state index contributed by atoms with van der Waals surface area (Å²) in [5, 5.41) is 8.90. The second-order valence-corrected chi connectivity index (χ2v) is 7.42. The average Bonchev–Trinajstić information content (AvgIpc) is 2.68. The lowest BCUT2D eigenvalue weighted by Crippen LogP contribution is -2.34. The SMILES string of the molecule is OC[C@@H](Cl)[C@H](Br)C(CCOCc1ccccc1)OCc1ccccc1. The van der Waals surface area contributed by atoms with E-state index >= 15 is 0 Å². The van der Waals surface area contributed by atoms with Gasteiger partial charge >= 0.3 is 0 Å². The second kappa shape index (κ2) is 11.7. The highest BCUT2D eigenvalue weighted by atomic mass is 79.9. The van der Waals surface area contributed by atoms with Gasteiger partial charge in [-0.3, -0.25) is 0 Å². The van der Waals surface area contributed by atoms with Crippen molar-refractivity contribution in [2.45, 2.75) is 35.9 Å². The van der Waals surface area contributed by atoms with Crippen molar-refractivity contribution in [1.29, 1.82) is 0 Å². The van der Waals surface area contributed by atoms with Crippen LogP contribution in [0.5, 0.6) is 0 Å². The van der Waals surface area contributed by atoms with Gasteiger partial charge in [-0.05, 0) is 17.5 Å². The third-order valence-electron chi connectivity index (χ3n) is 3.84. The van der Waals surface area contributed by atoms with Gasteiger partial charge in [0.25, 0.3) is 0 Å². The van der Waals surface area contributed by atoms with Crippen molar-refractivity contribution in [3.8, 4) is 0 Å². The van der Waals surface area contributed by atoms with Crippen LogP contribution in [0.4, 0.5) is 0 Å². The molecule has 0 saturated heterocycles. The molecule has 0 heterocycles. The third kappa shape index (κ3) is 7.47. The lowest BCUT2D eigenvalue weighted by Gasteiger charge is -2.25. The van der Waals surface area contributed by atoms with Crippen LogP contribution in [-0.4, -0.2) is 34.6 Å². The molecule has 5 heteroatoms. The fourth-order valence-corrected chi connectivity index (χ4v) is 3.16. The molecule has 0 bridgehead atoms. The number of hydrogen-bond acceptors (Lipinski definition) is 3. The van der Waals surface area contributed by atoms with E-state index in [0.717, 1.165) is 11.1 Å². The van der Waals surface area contributed by atoms with E-state index in [4.69, 9.17) is 21.1 Å². The molecule has 2 rings (SSSR count). The Morgan fingerprint density at radius 1 is 0.920 bits per heavy atom. The first-order valence-corrected chi connectivity index (χ1v) is 9.72. The molecular formula is C20H24BrClO3. The average molecular weight is 428 g/mol. The Hall–Kier alpha value is -0.910. The number of hydrogen-bond donors (Lipinski definition) is 1. The molecule has 0 spiro atoms. The molecule has 0 saturated carbocycles. The molecule has 136 valence electrons.